The molecule has 12 heavy (non-hydrogen) atoms. The van der Waals surface area contributed by atoms with Crippen molar-refractivity contribution in [1.29, 1.82) is 0 Å². The molecule has 1 aliphatic rings. The number of hydrogen-bond acceptors (Lipinski definition) is 1. The molecule has 1 rings (SSSR count). The van der Waals surface area contributed by atoms with Crippen LogP contribution in [-0.2, 0) is 0 Å². The molecule has 1 nitrogen and oxygen atoms in total. The summed E-state index contributed by atoms with van der Waals surface area (Å²) in [7, 11) is 0. The Morgan fingerprint density at radius 2 is 2.08 bits per heavy atom. The summed E-state index contributed by atoms with van der Waals surface area (Å²) in [5, 5.41) is 9.97. The van der Waals surface area contributed by atoms with Crippen molar-refractivity contribution in [2.45, 2.75) is 63.6 Å². The SMILES string of the molecule is CCCC1(O)CCCC(C)(F)C1. The van der Waals surface area contributed by atoms with Gasteiger partial charge in [-0.25, -0.2) is 4.39 Å². The van der Waals surface area contributed by atoms with Crippen LogP contribution in [0.2, 0.25) is 0 Å². The lowest BCUT2D eigenvalue weighted by molar-refractivity contribution is -0.0615. The molecule has 0 aliphatic heterocycles. The van der Waals surface area contributed by atoms with Crippen LogP contribution in [0.25, 0.3) is 0 Å². The summed E-state index contributed by atoms with van der Waals surface area (Å²) in [5.41, 5.74) is -1.85. The van der Waals surface area contributed by atoms with Crippen molar-refractivity contribution in [3.8, 4) is 0 Å². The van der Waals surface area contributed by atoms with Gasteiger partial charge in [0.15, 0.2) is 0 Å². The Kier molecular flexibility index (Phi) is 2.77. The van der Waals surface area contributed by atoms with Crippen LogP contribution in [0.1, 0.15) is 52.4 Å². The fourth-order valence-corrected chi connectivity index (χ4v) is 2.33. The molecule has 0 spiro atoms. The van der Waals surface area contributed by atoms with E-state index in [0.29, 0.717) is 12.8 Å². The van der Waals surface area contributed by atoms with Crippen LogP contribution in [0.4, 0.5) is 4.39 Å². The molecule has 0 aromatic heterocycles. The fraction of sp³-hybridized carbons (Fsp3) is 1.00. The lowest BCUT2D eigenvalue weighted by atomic mass is 9.75. The quantitative estimate of drug-likeness (QED) is 0.682. The third-order valence-electron chi connectivity index (χ3n) is 2.75. The summed E-state index contributed by atoms with van der Waals surface area (Å²) in [5.74, 6) is 0. The molecule has 0 aromatic carbocycles. The number of aliphatic hydroxyl groups is 1. The van der Waals surface area contributed by atoms with Gasteiger partial charge in [0.1, 0.15) is 5.67 Å². The first-order valence-corrected chi connectivity index (χ1v) is 4.89. The third kappa shape index (κ3) is 2.44. The molecule has 1 saturated carbocycles. The first-order chi connectivity index (χ1) is 5.47. The van der Waals surface area contributed by atoms with E-state index >= 15 is 0 Å². The smallest absolute Gasteiger partial charge is 0.111 e. The molecular weight excluding hydrogens is 155 g/mol. The highest BCUT2D eigenvalue weighted by atomic mass is 19.1. The van der Waals surface area contributed by atoms with Gasteiger partial charge in [0.05, 0.1) is 5.60 Å². The monoisotopic (exact) mass is 174 g/mol. The number of halogens is 1. The largest absolute Gasteiger partial charge is 0.390 e. The molecule has 0 amide bonds. The van der Waals surface area contributed by atoms with Gasteiger partial charge >= 0.3 is 0 Å². The summed E-state index contributed by atoms with van der Waals surface area (Å²) in [4.78, 5) is 0. The summed E-state index contributed by atoms with van der Waals surface area (Å²) >= 11 is 0. The zero-order chi connectivity index (χ0) is 9.24. The Labute approximate surface area is 74.0 Å². The van der Waals surface area contributed by atoms with Crippen molar-refractivity contribution < 1.29 is 9.50 Å². The van der Waals surface area contributed by atoms with Gasteiger partial charge in [0, 0.05) is 6.42 Å². The summed E-state index contributed by atoms with van der Waals surface area (Å²) in [6, 6.07) is 0. The molecular formula is C10H19FO. The Morgan fingerprint density at radius 3 is 2.58 bits per heavy atom. The second-order valence-electron chi connectivity index (χ2n) is 4.42. The molecule has 72 valence electrons. The van der Waals surface area contributed by atoms with Gasteiger partial charge in [-0.1, -0.05) is 13.3 Å². The summed E-state index contributed by atoms with van der Waals surface area (Å²) in [6.45, 7) is 3.63. The average Bonchev–Trinajstić information content (AvgIpc) is 1.83. The van der Waals surface area contributed by atoms with Crippen molar-refractivity contribution in [1.82, 2.24) is 0 Å². The first-order valence-electron chi connectivity index (χ1n) is 4.89. The minimum absolute atomic E-state index is 0.327. The van der Waals surface area contributed by atoms with E-state index in [4.69, 9.17) is 0 Å². The van der Waals surface area contributed by atoms with Crippen molar-refractivity contribution in [3.63, 3.8) is 0 Å². The van der Waals surface area contributed by atoms with Gasteiger partial charge in [-0.15, -0.1) is 0 Å². The number of alkyl halides is 1. The van der Waals surface area contributed by atoms with Gasteiger partial charge in [0.25, 0.3) is 0 Å². The second-order valence-corrected chi connectivity index (χ2v) is 4.42. The normalized spacial score (nSPS) is 43.0. The van der Waals surface area contributed by atoms with Crippen molar-refractivity contribution in [2.24, 2.45) is 0 Å². The molecule has 2 atom stereocenters. The van der Waals surface area contributed by atoms with E-state index in [1.54, 1.807) is 6.92 Å². The van der Waals surface area contributed by atoms with E-state index in [2.05, 4.69) is 0 Å². The predicted molar refractivity (Wildman–Crippen MR) is 47.8 cm³/mol. The van der Waals surface area contributed by atoms with Crippen LogP contribution in [0.15, 0.2) is 0 Å². The van der Waals surface area contributed by atoms with Crippen molar-refractivity contribution in [2.75, 3.05) is 0 Å². The van der Waals surface area contributed by atoms with E-state index in [0.717, 1.165) is 25.7 Å². The zero-order valence-electron chi connectivity index (χ0n) is 8.07. The van der Waals surface area contributed by atoms with Gasteiger partial charge in [-0.05, 0) is 32.6 Å². The molecule has 1 fully saturated rings. The molecule has 0 radical (unpaired) electrons. The first kappa shape index (κ1) is 9.97. The highest BCUT2D eigenvalue weighted by Gasteiger charge is 2.40. The van der Waals surface area contributed by atoms with Crippen LogP contribution in [0, 0.1) is 0 Å². The Bertz CT molecular complexity index is 152. The van der Waals surface area contributed by atoms with Crippen LogP contribution in [0.3, 0.4) is 0 Å². The molecule has 2 heteroatoms. The maximum atomic E-state index is 13.5. The van der Waals surface area contributed by atoms with Gasteiger partial charge in [-0.2, -0.15) is 0 Å². The lowest BCUT2D eigenvalue weighted by Gasteiger charge is -2.38. The molecule has 0 saturated heterocycles. The molecule has 0 heterocycles. The maximum absolute atomic E-state index is 13.5. The highest BCUT2D eigenvalue weighted by molar-refractivity contribution is 4.92. The average molecular weight is 174 g/mol. The lowest BCUT2D eigenvalue weighted by Crippen LogP contribution is -2.41. The maximum Gasteiger partial charge on any atom is 0.111 e. The van der Waals surface area contributed by atoms with Crippen LogP contribution in [0.5, 0.6) is 0 Å². The Hall–Kier alpha value is -0.110. The fourth-order valence-electron chi connectivity index (χ4n) is 2.33. The topological polar surface area (TPSA) is 20.2 Å². The molecule has 0 bridgehead atoms. The molecule has 1 aliphatic carbocycles. The van der Waals surface area contributed by atoms with Crippen LogP contribution >= 0.6 is 0 Å². The molecule has 0 aromatic rings. The minimum Gasteiger partial charge on any atom is -0.390 e. The van der Waals surface area contributed by atoms with E-state index in [-0.39, 0.29) is 0 Å². The minimum atomic E-state index is -1.14. The van der Waals surface area contributed by atoms with Gasteiger partial charge < -0.3 is 5.11 Å². The highest BCUT2D eigenvalue weighted by Crippen LogP contribution is 2.39. The number of rotatable bonds is 2. The number of hydrogen-bond donors (Lipinski definition) is 1. The molecule has 1 N–H and O–H groups in total. The van der Waals surface area contributed by atoms with Gasteiger partial charge in [0.2, 0.25) is 0 Å². The standard InChI is InChI=1S/C10H19FO/c1-3-5-10(12)7-4-6-9(2,11)8-10/h12H,3-8H2,1-2H3. The Balaban J connectivity index is 2.55. The van der Waals surface area contributed by atoms with Gasteiger partial charge in [-0.3, -0.25) is 0 Å². The van der Waals surface area contributed by atoms with Crippen molar-refractivity contribution >= 4 is 0 Å². The van der Waals surface area contributed by atoms with E-state index in [9.17, 15) is 9.50 Å². The second kappa shape index (κ2) is 3.33. The van der Waals surface area contributed by atoms with E-state index < -0.39 is 11.3 Å². The summed E-state index contributed by atoms with van der Waals surface area (Å²) in [6.07, 6.45) is 4.22. The summed E-state index contributed by atoms with van der Waals surface area (Å²) < 4.78 is 13.5. The third-order valence-corrected chi connectivity index (χ3v) is 2.75. The van der Waals surface area contributed by atoms with E-state index in [1.807, 2.05) is 6.92 Å². The predicted octanol–water partition coefficient (Wildman–Crippen LogP) is 2.82. The van der Waals surface area contributed by atoms with Crippen LogP contribution in [-0.4, -0.2) is 16.4 Å². The van der Waals surface area contributed by atoms with E-state index in [1.165, 1.54) is 0 Å². The Morgan fingerprint density at radius 1 is 1.42 bits per heavy atom. The molecule has 2 unspecified atom stereocenters. The zero-order valence-corrected chi connectivity index (χ0v) is 8.07. The van der Waals surface area contributed by atoms with Crippen molar-refractivity contribution in [3.05, 3.63) is 0 Å². The van der Waals surface area contributed by atoms with Crippen LogP contribution < -0.4 is 0 Å².